The molecule has 4 nitrogen and oxygen atoms in total. The van der Waals surface area contributed by atoms with Crippen molar-refractivity contribution in [1.82, 2.24) is 4.57 Å². The van der Waals surface area contributed by atoms with Gasteiger partial charge in [-0.2, -0.15) is 5.26 Å². The molecule has 1 aromatic heterocycles. The summed E-state index contributed by atoms with van der Waals surface area (Å²) in [5.74, 6) is -0.439. The molecule has 4 aromatic rings. The zero-order valence-corrected chi connectivity index (χ0v) is 13.4. The zero-order chi connectivity index (χ0) is 17.4. The molecule has 1 amide bonds. The van der Waals surface area contributed by atoms with Gasteiger partial charge in [0.1, 0.15) is 0 Å². The first kappa shape index (κ1) is 15.0. The lowest BCUT2D eigenvalue weighted by atomic mass is 10.1. The summed E-state index contributed by atoms with van der Waals surface area (Å²) >= 11 is 0. The van der Waals surface area contributed by atoms with Gasteiger partial charge in [0.25, 0.3) is 0 Å². The Bertz CT molecular complexity index is 1160. The van der Waals surface area contributed by atoms with E-state index in [9.17, 15) is 10.1 Å². The summed E-state index contributed by atoms with van der Waals surface area (Å²) < 4.78 is 2.13. The van der Waals surface area contributed by atoms with Gasteiger partial charge in [-0.05, 0) is 29.8 Å². The molecule has 0 saturated heterocycles. The van der Waals surface area contributed by atoms with Crippen LogP contribution < -0.4 is 5.73 Å². The molecule has 0 atom stereocenters. The number of aromatic nitrogens is 1. The standard InChI is InChI=1S/C21H15N3O/c22-12-14-6-1-2-7-15(14)13-24-18-10-4-3-8-16(18)20-17(21(23)25)9-5-11-19(20)24/h1-11H,13H2,(H2,23,25). The first-order valence-corrected chi connectivity index (χ1v) is 7.98. The molecule has 0 saturated carbocycles. The van der Waals surface area contributed by atoms with Gasteiger partial charge in [-0.1, -0.05) is 42.5 Å². The van der Waals surface area contributed by atoms with Crippen molar-refractivity contribution < 1.29 is 4.79 Å². The molecule has 0 radical (unpaired) electrons. The number of nitrogens with zero attached hydrogens (tertiary/aromatic N) is 2. The van der Waals surface area contributed by atoms with Crippen LogP contribution in [0.1, 0.15) is 21.5 Å². The van der Waals surface area contributed by atoms with E-state index in [-0.39, 0.29) is 0 Å². The number of nitrogens with two attached hydrogens (primary N) is 1. The van der Waals surface area contributed by atoms with Crippen molar-refractivity contribution >= 4 is 27.7 Å². The van der Waals surface area contributed by atoms with E-state index in [0.29, 0.717) is 17.7 Å². The van der Waals surface area contributed by atoms with Crippen LogP contribution in [0.2, 0.25) is 0 Å². The van der Waals surface area contributed by atoms with E-state index in [1.54, 1.807) is 6.07 Å². The fourth-order valence-electron chi connectivity index (χ4n) is 3.41. The van der Waals surface area contributed by atoms with Crippen molar-refractivity contribution in [2.45, 2.75) is 6.54 Å². The van der Waals surface area contributed by atoms with Crippen molar-refractivity contribution in [2.24, 2.45) is 5.73 Å². The van der Waals surface area contributed by atoms with Gasteiger partial charge in [-0.25, -0.2) is 0 Å². The minimum absolute atomic E-state index is 0.439. The largest absolute Gasteiger partial charge is 0.366 e. The Labute approximate surface area is 144 Å². The molecule has 0 unspecified atom stereocenters. The number of nitriles is 1. The molecule has 0 aliphatic rings. The normalized spacial score (nSPS) is 10.8. The maximum absolute atomic E-state index is 11.9. The molecule has 120 valence electrons. The molecule has 2 N–H and O–H groups in total. The Balaban J connectivity index is 2.05. The quantitative estimate of drug-likeness (QED) is 0.622. The Hall–Kier alpha value is -3.58. The summed E-state index contributed by atoms with van der Waals surface area (Å²) in [6.45, 7) is 0.552. The second-order valence-electron chi connectivity index (χ2n) is 5.94. The number of amides is 1. The van der Waals surface area contributed by atoms with Crippen LogP contribution in [0.25, 0.3) is 21.8 Å². The Morgan fingerprint density at radius 1 is 0.960 bits per heavy atom. The predicted molar refractivity (Wildman–Crippen MR) is 98.2 cm³/mol. The molecule has 0 aliphatic carbocycles. The predicted octanol–water partition coefficient (Wildman–Crippen LogP) is 3.81. The molecule has 4 heteroatoms. The van der Waals surface area contributed by atoms with Crippen molar-refractivity contribution in [3.05, 3.63) is 83.4 Å². The van der Waals surface area contributed by atoms with Gasteiger partial charge in [-0.15, -0.1) is 0 Å². The third-order valence-electron chi connectivity index (χ3n) is 4.53. The summed E-state index contributed by atoms with van der Waals surface area (Å²) in [4.78, 5) is 11.9. The molecule has 3 aromatic carbocycles. The van der Waals surface area contributed by atoms with E-state index in [0.717, 1.165) is 27.4 Å². The molecule has 0 spiro atoms. The van der Waals surface area contributed by atoms with Crippen molar-refractivity contribution in [1.29, 1.82) is 5.26 Å². The maximum Gasteiger partial charge on any atom is 0.249 e. The van der Waals surface area contributed by atoms with Crippen LogP contribution in [0.5, 0.6) is 0 Å². The van der Waals surface area contributed by atoms with Crippen molar-refractivity contribution in [3.8, 4) is 6.07 Å². The van der Waals surface area contributed by atoms with Gasteiger partial charge in [0, 0.05) is 28.4 Å². The van der Waals surface area contributed by atoms with E-state index < -0.39 is 5.91 Å². The lowest BCUT2D eigenvalue weighted by Gasteiger charge is -2.09. The topological polar surface area (TPSA) is 71.8 Å². The number of hydrogen-bond acceptors (Lipinski definition) is 2. The summed E-state index contributed by atoms with van der Waals surface area (Å²) in [5, 5.41) is 11.2. The number of rotatable bonds is 3. The smallest absolute Gasteiger partial charge is 0.249 e. The average molecular weight is 325 g/mol. The van der Waals surface area contributed by atoms with Crippen LogP contribution in [0.3, 0.4) is 0 Å². The Morgan fingerprint density at radius 2 is 1.68 bits per heavy atom. The van der Waals surface area contributed by atoms with Crippen LogP contribution in [0.15, 0.2) is 66.7 Å². The number of carbonyl (C=O) groups is 1. The highest BCUT2D eigenvalue weighted by molar-refractivity contribution is 6.17. The van der Waals surface area contributed by atoms with Gasteiger partial charge in [-0.3, -0.25) is 4.79 Å². The Morgan fingerprint density at radius 3 is 2.48 bits per heavy atom. The summed E-state index contributed by atoms with van der Waals surface area (Å²) in [6, 6.07) is 23.3. The third-order valence-corrected chi connectivity index (χ3v) is 4.53. The van der Waals surface area contributed by atoms with E-state index >= 15 is 0 Å². The lowest BCUT2D eigenvalue weighted by molar-refractivity contribution is 0.100. The van der Waals surface area contributed by atoms with Crippen LogP contribution in [-0.2, 0) is 6.54 Å². The molecule has 0 bridgehead atoms. The highest BCUT2D eigenvalue weighted by Gasteiger charge is 2.16. The molecular weight excluding hydrogens is 310 g/mol. The van der Waals surface area contributed by atoms with E-state index in [1.807, 2.05) is 60.7 Å². The van der Waals surface area contributed by atoms with Crippen LogP contribution in [-0.4, -0.2) is 10.5 Å². The van der Waals surface area contributed by atoms with Crippen LogP contribution in [0.4, 0.5) is 0 Å². The first-order chi connectivity index (χ1) is 12.2. The van der Waals surface area contributed by atoms with Gasteiger partial charge < -0.3 is 10.3 Å². The zero-order valence-electron chi connectivity index (χ0n) is 13.4. The number of primary amides is 1. The van der Waals surface area contributed by atoms with Gasteiger partial charge in [0.2, 0.25) is 5.91 Å². The molecule has 25 heavy (non-hydrogen) atoms. The second kappa shape index (κ2) is 5.81. The number of hydrogen-bond donors (Lipinski definition) is 1. The van der Waals surface area contributed by atoms with E-state index in [1.165, 1.54) is 0 Å². The number of fused-ring (bicyclic) bond motifs is 3. The molecule has 4 rings (SSSR count). The van der Waals surface area contributed by atoms with E-state index in [4.69, 9.17) is 5.73 Å². The Kier molecular flexibility index (Phi) is 3.48. The van der Waals surface area contributed by atoms with Crippen LogP contribution >= 0.6 is 0 Å². The highest BCUT2D eigenvalue weighted by atomic mass is 16.1. The number of para-hydroxylation sites is 1. The summed E-state index contributed by atoms with van der Waals surface area (Å²) in [7, 11) is 0. The van der Waals surface area contributed by atoms with Gasteiger partial charge in [0.15, 0.2) is 0 Å². The maximum atomic E-state index is 11.9. The monoisotopic (exact) mass is 325 g/mol. The second-order valence-corrected chi connectivity index (χ2v) is 5.94. The lowest BCUT2D eigenvalue weighted by Crippen LogP contribution is -2.11. The number of benzene rings is 3. The fourth-order valence-corrected chi connectivity index (χ4v) is 3.41. The first-order valence-electron chi connectivity index (χ1n) is 7.98. The minimum Gasteiger partial charge on any atom is -0.366 e. The fraction of sp³-hybridized carbons (Fsp3) is 0.0476. The minimum atomic E-state index is -0.439. The third kappa shape index (κ3) is 2.34. The SMILES string of the molecule is N#Cc1ccccc1Cn1c2ccccc2c2c(C(N)=O)cccc21. The van der Waals surface area contributed by atoms with Gasteiger partial charge >= 0.3 is 0 Å². The molecule has 0 aliphatic heterocycles. The molecule has 0 fully saturated rings. The van der Waals surface area contributed by atoms with Gasteiger partial charge in [0.05, 0.1) is 17.1 Å². The average Bonchev–Trinajstić information content (AvgIpc) is 2.96. The molecule has 1 heterocycles. The summed E-state index contributed by atoms with van der Waals surface area (Å²) in [5.41, 5.74) is 9.64. The summed E-state index contributed by atoms with van der Waals surface area (Å²) in [6.07, 6.45) is 0. The van der Waals surface area contributed by atoms with E-state index in [2.05, 4.69) is 10.6 Å². The highest BCUT2D eigenvalue weighted by Crippen LogP contribution is 2.32. The van der Waals surface area contributed by atoms with Crippen molar-refractivity contribution in [3.63, 3.8) is 0 Å². The van der Waals surface area contributed by atoms with Crippen LogP contribution in [0, 0.1) is 11.3 Å². The molecular formula is C21H15N3O. The number of carbonyl (C=O) groups excluding carboxylic acids is 1. The van der Waals surface area contributed by atoms with Crippen molar-refractivity contribution in [2.75, 3.05) is 0 Å².